The number of hydrogen-bond acceptors (Lipinski definition) is 2. The van der Waals surface area contributed by atoms with Crippen molar-refractivity contribution in [3.05, 3.63) is 29.8 Å². The van der Waals surface area contributed by atoms with Crippen molar-refractivity contribution in [2.75, 3.05) is 25.5 Å². The van der Waals surface area contributed by atoms with E-state index in [9.17, 15) is 4.79 Å². The van der Waals surface area contributed by atoms with Crippen LogP contribution in [-0.4, -0.2) is 26.5 Å². The summed E-state index contributed by atoms with van der Waals surface area (Å²) in [6, 6.07) is 7.75. The molecule has 0 aliphatic heterocycles. The Morgan fingerprint density at radius 2 is 1.33 bits per heavy atom. The predicted molar refractivity (Wildman–Crippen MR) is 105 cm³/mol. The summed E-state index contributed by atoms with van der Waals surface area (Å²) in [6.07, 6.45) is 13.2. The molecule has 1 aromatic rings. The minimum absolute atomic E-state index is 0.0382. The molecule has 0 unspecified atom stereocenters. The molecule has 0 bridgehead atoms. The predicted octanol–water partition coefficient (Wildman–Crippen LogP) is 5.40. The molecule has 24 heavy (non-hydrogen) atoms. The van der Waals surface area contributed by atoms with Gasteiger partial charge in [-0.05, 0) is 30.7 Å². The van der Waals surface area contributed by atoms with Gasteiger partial charge >= 0.3 is 0 Å². The van der Waals surface area contributed by atoms with Crippen LogP contribution in [0.2, 0.25) is 0 Å². The summed E-state index contributed by atoms with van der Waals surface area (Å²) in [5, 5.41) is 3.02. The molecule has 0 fully saturated rings. The maximum absolute atomic E-state index is 12.1. The number of carbonyl (C=O) groups is 1. The first-order valence-electron chi connectivity index (χ1n) is 9.70. The molecule has 0 atom stereocenters. The second-order valence-corrected chi connectivity index (χ2v) is 6.88. The van der Waals surface area contributed by atoms with E-state index >= 15 is 0 Å². The molecule has 0 radical (unpaired) electrons. The summed E-state index contributed by atoms with van der Waals surface area (Å²) in [5.41, 5.74) is 1.86. The van der Waals surface area contributed by atoms with E-state index in [1.54, 1.807) is 0 Å². The lowest BCUT2D eigenvalue weighted by Crippen LogP contribution is -2.24. The SMILES string of the molecule is CCCCCCCCCCCCNC(=O)c1ccc(N(C)C)cc1. The molecular weight excluding hydrogens is 296 g/mol. The Bertz CT molecular complexity index is 440. The summed E-state index contributed by atoms with van der Waals surface area (Å²) in [5.74, 6) is 0.0382. The number of unbranched alkanes of at least 4 members (excludes halogenated alkanes) is 9. The van der Waals surface area contributed by atoms with Gasteiger partial charge in [0, 0.05) is 31.9 Å². The van der Waals surface area contributed by atoms with Crippen LogP contribution in [0, 0.1) is 0 Å². The Labute approximate surface area is 148 Å². The third-order valence-electron chi connectivity index (χ3n) is 4.46. The minimum atomic E-state index is 0.0382. The second kappa shape index (κ2) is 12.9. The van der Waals surface area contributed by atoms with Crippen molar-refractivity contribution in [2.45, 2.75) is 71.1 Å². The van der Waals surface area contributed by atoms with Crippen LogP contribution in [0.25, 0.3) is 0 Å². The molecule has 0 heterocycles. The topological polar surface area (TPSA) is 32.3 Å². The molecule has 1 aromatic carbocycles. The number of hydrogen-bond donors (Lipinski definition) is 1. The third-order valence-corrected chi connectivity index (χ3v) is 4.46. The molecule has 0 saturated heterocycles. The van der Waals surface area contributed by atoms with Gasteiger partial charge in [-0.2, -0.15) is 0 Å². The van der Waals surface area contributed by atoms with Gasteiger partial charge < -0.3 is 10.2 Å². The smallest absolute Gasteiger partial charge is 0.251 e. The summed E-state index contributed by atoms with van der Waals surface area (Å²) in [4.78, 5) is 14.1. The summed E-state index contributed by atoms with van der Waals surface area (Å²) in [7, 11) is 4.00. The Kier molecular flexibility index (Phi) is 11.0. The van der Waals surface area contributed by atoms with Crippen LogP contribution in [0.1, 0.15) is 81.5 Å². The number of amides is 1. The van der Waals surface area contributed by atoms with E-state index in [1.165, 1.54) is 57.8 Å². The number of rotatable bonds is 13. The number of nitrogens with one attached hydrogen (secondary N) is 1. The summed E-state index contributed by atoms with van der Waals surface area (Å²) >= 11 is 0. The maximum Gasteiger partial charge on any atom is 0.251 e. The van der Waals surface area contributed by atoms with Crippen LogP contribution in [0.3, 0.4) is 0 Å². The molecule has 0 aromatic heterocycles. The summed E-state index contributed by atoms with van der Waals surface area (Å²) < 4.78 is 0. The molecular formula is C21H36N2O. The van der Waals surface area contributed by atoms with Gasteiger partial charge in [0.25, 0.3) is 5.91 Å². The number of carbonyl (C=O) groups excluding carboxylic acids is 1. The van der Waals surface area contributed by atoms with E-state index in [4.69, 9.17) is 0 Å². The van der Waals surface area contributed by atoms with E-state index in [-0.39, 0.29) is 5.91 Å². The first-order chi connectivity index (χ1) is 11.6. The van der Waals surface area contributed by atoms with Crippen LogP contribution in [0.5, 0.6) is 0 Å². The summed E-state index contributed by atoms with van der Waals surface area (Å²) in [6.45, 7) is 3.04. The van der Waals surface area contributed by atoms with Crippen LogP contribution in [-0.2, 0) is 0 Å². The Morgan fingerprint density at radius 3 is 1.83 bits per heavy atom. The lowest BCUT2D eigenvalue weighted by molar-refractivity contribution is 0.0953. The fraction of sp³-hybridized carbons (Fsp3) is 0.667. The molecule has 1 rings (SSSR count). The van der Waals surface area contributed by atoms with Gasteiger partial charge in [-0.1, -0.05) is 64.7 Å². The molecule has 1 N–H and O–H groups in total. The molecule has 0 aliphatic carbocycles. The molecule has 0 saturated carbocycles. The van der Waals surface area contributed by atoms with Crippen LogP contribution in [0.4, 0.5) is 5.69 Å². The van der Waals surface area contributed by atoms with E-state index < -0.39 is 0 Å². The van der Waals surface area contributed by atoms with Crippen LogP contribution in [0.15, 0.2) is 24.3 Å². The average molecular weight is 333 g/mol. The molecule has 136 valence electrons. The fourth-order valence-corrected chi connectivity index (χ4v) is 2.83. The van der Waals surface area contributed by atoms with Crippen molar-refractivity contribution in [3.63, 3.8) is 0 Å². The van der Waals surface area contributed by atoms with Gasteiger partial charge in [-0.3, -0.25) is 4.79 Å². The highest BCUT2D eigenvalue weighted by atomic mass is 16.1. The van der Waals surface area contributed by atoms with E-state index in [2.05, 4.69) is 12.2 Å². The van der Waals surface area contributed by atoms with Gasteiger partial charge in [0.15, 0.2) is 0 Å². The van der Waals surface area contributed by atoms with Gasteiger partial charge in [0.05, 0.1) is 0 Å². The molecule has 0 aliphatic rings. The van der Waals surface area contributed by atoms with Crippen LogP contribution >= 0.6 is 0 Å². The lowest BCUT2D eigenvalue weighted by Gasteiger charge is -2.12. The van der Waals surface area contributed by atoms with Crippen molar-refractivity contribution in [3.8, 4) is 0 Å². The van der Waals surface area contributed by atoms with Gasteiger partial charge in [0.1, 0.15) is 0 Å². The zero-order valence-corrected chi connectivity index (χ0v) is 15.9. The highest BCUT2D eigenvalue weighted by molar-refractivity contribution is 5.94. The highest BCUT2D eigenvalue weighted by Gasteiger charge is 2.04. The zero-order valence-electron chi connectivity index (χ0n) is 15.9. The average Bonchev–Trinajstić information content (AvgIpc) is 2.59. The lowest BCUT2D eigenvalue weighted by atomic mass is 10.1. The highest BCUT2D eigenvalue weighted by Crippen LogP contribution is 2.12. The number of anilines is 1. The van der Waals surface area contributed by atoms with E-state index in [0.717, 1.165) is 24.2 Å². The van der Waals surface area contributed by atoms with Gasteiger partial charge in [-0.25, -0.2) is 0 Å². The molecule has 0 spiro atoms. The van der Waals surface area contributed by atoms with Crippen molar-refractivity contribution in [1.29, 1.82) is 0 Å². The molecule has 3 nitrogen and oxygen atoms in total. The largest absolute Gasteiger partial charge is 0.378 e. The van der Waals surface area contributed by atoms with Gasteiger partial charge in [-0.15, -0.1) is 0 Å². The zero-order chi connectivity index (χ0) is 17.6. The second-order valence-electron chi connectivity index (χ2n) is 6.88. The molecule has 3 heteroatoms. The number of benzene rings is 1. The monoisotopic (exact) mass is 332 g/mol. The molecule has 1 amide bonds. The normalized spacial score (nSPS) is 10.6. The fourth-order valence-electron chi connectivity index (χ4n) is 2.83. The number of nitrogens with zero attached hydrogens (tertiary/aromatic N) is 1. The van der Waals surface area contributed by atoms with Crippen molar-refractivity contribution in [2.24, 2.45) is 0 Å². The standard InChI is InChI=1S/C21H36N2O/c1-4-5-6-7-8-9-10-11-12-13-18-22-21(24)19-14-16-20(17-15-19)23(2)3/h14-17H,4-13,18H2,1-3H3,(H,22,24). The Hall–Kier alpha value is -1.51. The van der Waals surface area contributed by atoms with E-state index in [0.29, 0.717) is 0 Å². The van der Waals surface area contributed by atoms with E-state index in [1.807, 2.05) is 43.3 Å². The van der Waals surface area contributed by atoms with Crippen molar-refractivity contribution in [1.82, 2.24) is 5.32 Å². The Morgan fingerprint density at radius 1 is 0.833 bits per heavy atom. The van der Waals surface area contributed by atoms with Gasteiger partial charge in [0.2, 0.25) is 0 Å². The van der Waals surface area contributed by atoms with Crippen LogP contribution < -0.4 is 10.2 Å². The van der Waals surface area contributed by atoms with Crippen molar-refractivity contribution >= 4 is 11.6 Å². The maximum atomic E-state index is 12.1. The quantitative estimate of drug-likeness (QED) is 0.490. The van der Waals surface area contributed by atoms with Crippen molar-refractivity contribution < 1.29 is 4.79 Å². The first kappa shape index (κ1) is 20.5. The third kappa shape index (κ3) is 8.95. The minimum Gasteiger partial charge on any atom is -0.378 e. The first-order valence-corrected chi connectivity index (χ1v) is 9.70. The Balaban J connectivity index is 2.01.